The van der Waals surface area contributed by atoms with Crippen LogP contribution in [0.3, 0.4) is 0 Å². The molecular formula is C56H35N5. The van der Waals surface area contributed by atoms with E-state index in [0.717, 1.165) is 66.7 Å². The first-order chi connectivity index (χ1) is 30.2. The Morgan fingerprint density at radius 3 is 1.52 bits per heavy atom. The van der Waals surface area contributed by atoms with Gasteiger partial charge in [-0.05, 0) is 63.0 Å². The normalized spacial score (nSPS) is 11.6. The summed E-state index contributed by atoms with van der Waals surface area (Å²) in [5.74, 6) is 1.91. The van der Waals surface area contributed by atoms with Crippen molar-refractivity contribution in [2.45, 2.75) is 0 Å². The Morgan fingerprint density at radius 2 is 0.803 bits per heavy atom. The molecule has 12 rings (SSSR count). The van der Waals surface area contributed by atoms with Crippen LogP contribution < -0.4 is 0 Å². The van der Waals surface area contributed by atoms with E-state index in [9.17, 15) is 0 Å². The minimum absolute atomic E-state index is 0.629. The van der Waals surface area contributed by atoms with Gasteiger partial charge in [0.2, 0.25) is 0 Å². The van der Waals surface area contributed by atoms with Crippen LogP contribution in [0, 0.1) is 0 Å². The first-order valence-electron chi connectivity index (χ1n) is 20.6. The molecule has 0 spiro atoms. The highest BCUT2D eigenvalue weighted by Gasteiger charge is 2.21. The van der Waals surface area contributed by atoms with E-state index in [2.05, 4.69) is 187 Å². The van der Waals surface area contributed by atoms with Crippen molar-refractivity contribution in [1.29, 1.82) is 0 Å². The molecule has 61 heavy (non-hydrogen) atoms. The maximum Gasteiger partial charge on any atom is 0.164 e. The van der Waals surface area contributed by atoms with Crippen molar-refractivity contribution < 1.29 is 0 Å². The Hall–Kier alpha value is -8.28. The summed E-state index contributed by atoms with van der Waals surface area (Å²) in [7, 11) is 0. The third-order valence-electron chi connectivity index (χ3n) is 11.8. The molecule has 0 amide bonds. The molecule has 0 saturated heterocycles. The van der Waals surface area contributed by atoms with Crippen LogP contribution in [0.15, 0.2) is 212 Å². The fourth-order valence-electron chi connectivity index (χ4n) is 8.86. The second kappa shape index (κ2) is 14.2. The molecule has 5 nitrogen and oxygen atoms in total. The fourth-order valence-corrected chi connectivity index (χ4v) is 8.86. The van der Waals surface area contributed by atoms with Crippen LogP contribution in [0.2, 0.25) is 0 Å². The molecule has 0 N–H and O–H groups in total. The van der Waals surface area contributed by atoms with E-state index in [-0.39, 0.29) is 0 Å². The minimum atomic E-state index is 0.629. The zero-order valence-electron chi connectivity index (χ0n) is 32.9. The van der Waals surface area contributed by atoms with Crippen molar-refractivity contribution in [2.75, 3.05) is 0 Å². The van der Waals surface area contributed by atoms with Gasteiger partial charge in [0.25, 0.3) is 0 Å². The van der Waals surface area contributed by atoms with Gasteiger partial charge in [0, 0.05) is 44.1 Å². The summed E-state index contributed by atoms with van der Waals surface area (Å²) in [5.41, 5.74) is 11.4. The van der Waals surface area contributed by atoms with E-state index in [0.29, 0.717) is 17.5 Å². The zero-order valence-corrected chi connectivity index (χ0v) is 32.9. The summed E-state index contributed by atoms with van der Waals surface area (Å²) in [6.07, 6.45) is 0. The molecule has 0 fully saturated rings. The number of aromatic nitrogens is 5. The summed E-state index contributed by atoms with van der Waals surface area (Å²) in [4.78, 5) is 20.5. The molecule has 3 heterocycles. The van der Waals surface area contributed by atoms with Crippen LogP contribution in [0.4, 0.5) is 0 Å². The number of hydrogen-bond donors (Lipinski definition) is 0. The summed E-state index contributed by atoms with van der Waals surface area (Å²) in [6.45, 7) is 0. The molecule has 0 aliphatic rings. The number of nitrogens with zero attached hydrogens (tertiary/aromatic N) is 5. The van der Waals surface area contributed by atoms with Gasteiger partial charge in [0.05, 0.1) is 22.2 Å². The van der Waals surface area contributed by atoms with E-state index in [4.69, 9.17) is 19.9 Å². The number of hydrogen-bond acceptors (Lipinski definition) is 4. The number of rotatable bonds is 6. The molecule has 0 aliphatic heterocycles. The summed E-state index contributed by atoms with van der Waals surface area (Å²) in [5, 5.41) is 8.35. The van der Waals surface area contributed by atoms with E-state index in [1.165, 1.54) is 32.3 Å². The van der Waals surface area contributed by atoms with Gasteiger partial charge in [-0.25, -0.2) is 19.9 Å². The van der Waals surface area contributed by atoms with Gasteiger partial charge in [-0.15, -0.1) is 0 Å². The molecule has 284 valence electrons. The van der Waals surface area contributed by atoms with Crippen LogP contribution in [-0.4, -0.2) is 24.5 Å². The predicted octanol–water partition coefficient (Wildman–Crippen LogP) is 14.2. The molecule has 0 radical (unpaired) electrons. The summed E-state index contributed by atoms with van der Waals surface area (Å²) < 4.78 is 2.36. The third kappa shape index (κ3) is 5.94. The monoisotopic (exact) mass is 777 g/mol. The number of benzene rings is 9. The highest BCUT2D eigenvalue weighted by Crippen LogP contribution is 2.41. The molecule has 9 aromatic carbocycles. The Morgan fingerprint density at radius 1 is 0.311 bits per heavy atom. The summed E-state index contributed by atoms with van der Waals surface area (Å²) >= 11 is 0. The van der Waals surface area contributed by atoms with Crippen LogP contribution in [0.5, 0.6) is 0 Å². The molecule has 0 bridgehead atoms. The predicted molar refractivity (Wildman–Crippen MR) is 252 cm³/mol. The van der Waals surface area contributed by atoms with Crippen molar-refractivity contribution in [3.8, 4) is 62.2 Å². The number of fused-ring (bicyclic) bond motifs is 8. The van der Waals surface area contributed by atoms with Gasteiger partial charge in [0.1, 0.15) is 0 Å². The van der Waals surface area contributed by atoms with Gasteiger partial charge in [-0.2, -0.15) is 0 Å². The van der Waals surface area contributed by atoms with E-state index in [1.54, 1.807) is 0 Å². The molecule has 0 unspecified atom stereocenters. The number of para-hydroxylation sites is 3. The SMILES string of the molecule is c1ccc(-c2nc(-c3ccc(-c4ccc(-c5nc6ccccc6c6c7ccccc7n(-c7ccccc7)c56)cc4)cc3)nc(-c3ccc4ccc5ccccc5c4c3)n2)cc1. The van der Waals surface area contributed by atoms with Crippen LogP contribution in [0.1, 0.15) is 0 Å². The van der Waals surface area contributed by atoms with Crippen molar-refractivity contribution in [3.05, 3.63) is 212 Å². The molecular weight excluding hydrogens is 743 g/mol. The van der Waals surface area contributed by atoms with Gasteiger partial charge >= 0.3 is 0 Å². The van der Waals surface area contributed by atoms with Crippen LogP contribution >= 0.6 is 0 Å². The van der Waals surface area contributed by atoms with Gasteiger partial charge in [-0.1, -0.05) is 182 Å². The highest BCUT2D eigenvalue weighted by molar-refractivity contribution is 6.23. The van der Waals surface area contributed by atoms with Crippen molar-refractivity contribution in [1.82, 2.24) is 24.5 Å². The second-order valence-electron chi connectivity index (χ2n) is 15.4. The first kappa shape index (κ1) is 34.7. The standard InChI is InChI=1S/C56H35N5/c1-3-14-41(15-4-1)54-58-55(60-56(59-54)43-34-29-39-28-27-38-13-7-8-18-45(38)48(39)35-43)42-32-25-37(26-33-42)36-23-30-40(31-24-36)52-53-51(46-19-9-11-21-49(46)57-52)47-20-10-12-22-50(47)61(53)44-16-5-2-6-17-44/h1-35H. The molecule has 0 atom stereocenters. The van der Waals surface area contributed by atoms with E-state index < -0.39 is 0 Å². The summed E-state index contributed by atoms with van der Waals surface area (Å²) in [6, 6.07) is 74.5. The largest absolute Gasteiger partial charge is 0.307 e. The molecule has 12 aromatic rings. The third-order valence-corrected chi connectivity index (χ3v) is 11.8. The Labute approximate surface area is 351 Å². The van der Waals surface area contributed by atoms with Gasteiger partial charge in [0.15, 0.2) is 17.5 Å². The molecule has 3 aromatic heterocycles. The lowest BCUT2D eigenvalue weighted by Gasteiger charge is -2.13. The van der Waals surface area contributed by atoms with E-state index in [1.807, 2.05) is 30.3 Å². The molecule has 0 aliphatic carbocycles. The van der Waals surface area contributed by atoms with Crippen molar-refractivity contribution in [2.24, 2.45) is 0 Å². The van der Waals surface area contributed by atoms with Gasteiger partial charge < -0.3 is 4.57 Å². The minimum Gasteiger partial charge on any atom is -0.307 e. The maximum atomic E-state index is 5.35. The van der Waals surface area contributed by atoms with Crippen molar-refractivity contribution in [3.63, 3.8) is 0 Å². The quantitative estimate of drug-likeness (QED) is 0.158. The smallest absolute Gasteiger partial charge is 0.164 e. The highest BCUT2D eigenvalue weighted by atomic mass is 15.0. The fraction of sp³-hybridized carbons (Fsp3) is 0. The van der Waals surface area contributed by atoms with Gasteiger partial charge in [-0.3, -0.25) is 0 Å². The van der Waals surface area contributed by atoms with Crippen molar-refractivity contribution >= 4 is 54.3 Å². The average Bonchev–Trinajstić information content (AvgIpc) is 3.70. The lowest BCUT2D eigenvalue weighted by atomic mass is 9.99. The molecule has 5 heteroatoms. The lowest BCUT2D eigenvalue weighted by molar-refractivity contribution is 1.07. The van der Waals surface area contributed by atoms with Crippen LogP contribution in [0.25, 0.3) is 116 Å². The maximum absolute atomic E-state index is 5.35. The molecule has 0 saturated carbocycles. The Kier molecular flexibility index (Phi) is 8.10. The topological polar surface area (TPSA) is 56.5 Å². The first-order valence-corrected chi connectivity index (χ1v) is 20.6. The Bertz CT molecular complexity index is 3610. The Balaban J connectivity index is 0.938. The second-order valence-corrected chi connectivity index (χ2v) is 15.4. The van der Waals surface area contributed by atoms with Crippen LogP contribution in [-0.2, 0) is 0 Å². The lowest BCUT2D eigenvalue weighted by Crippen LogP contribution is -2.00. The number of pyridine rings is 1. The van der Waals surface area contributed by atoms with E-state index >= 15 is 0 Å². The average molecular weight is 778 g/mol. The zero-order chi connectivity index (χ0) is 40.3.